The number of nitrogens with one attached hydrogen (secondary N) is 1. The molecule has 1 aromatic rings. The van der Waals surface area contributed by atoms with Gasteiger partial charge in [-0.15, -0.1) is 0 Å². The molecule has 4 heteroatoms. The molecule has 20 heavy (non-hydrogen) atoms. The molecule has 0 radical (unpaired) electrons. The van der Waals surface area contributed by atoms with E-state index in [2.05, 4.69) is 10.2 Å². The molecular weight excluding hydrogens is 255 g/mol. The van der Waals surface area contributed by atoms with Crippen LogP contribution in [0.1, 0.15) is 24.8 Å². The van der Waals surface area contributed by atoms with Crippen molar-refractivity contribution in [1.29, 1.82) is 0 Å². The molecule has 0 amide bonds. The summed E-state index contributed by atoms with van der Waals surface area (Å²) in [6.45, 7) is 1.96. The molecule has 1 aliphatic rings. The maximum absolute atomic E-state index is 12.9. The highest BCUT2D eigenvalue weighted by Crippen LogP contribution is 2.19. The highest BCUT2D eigenvalue weighted by molar-refractivity contribution is 5.59. The van der Waals surface area contributed by atoms with Gasteiger partial charge in [-0.3, -0.25) is 4.90 Å². The molecule has 3 nitrogen and oxygen atoms in total. The van der Waals surface area contributed by atoms with E-state index in [1.807, 2.05) is 19.2 Å². The van der Waals surface area contributed by atoms with E-state index in [0.29, 0.717) is 0 Å². The van der Waals surface area contributed by atoms with Gasteiger partial charge >= 0.3 is 0 Å². The van der Waals surface area contributed by atoms with Gasteiger partial charge in [0, 0.05) is 12.6 Å². The van der Waals surface area contributed by atoms with E-state index in [4.69, 9.17) is 0 Å². The SMILES string of the molecule is CNC(C=O)C1CCCCN1CCc1ccc(F)cc1. The lowest BCUT2D eigenvalue weighted by atomic mass is 9.95. The summed E-state index contributed by atoms with van der Waals surface area (Å²) in [6.07, 6.45) is 5.35. The number of aldehydes is 1. The molecule has 1 heterocycles. The third-order valence-corrected chi connectivity index (χ3v) is 4.16. The Bertz CT molecular complexity index is 421. The van der Waals surface area contributed by atoms with Crippen molar-refractivity contribution in [3.8, 4) is 0 Å². The Hall–Kier alpha value is -1.26. The number of likely N-dealkylation sites (N-methyl/N-ethyl adjacent to an activating group) is 1. The average Bonchev–Trinajstić information content (AvgIpc) is 2.49. The third kappa shape index (κ3) is 3.87. The van der Waals surface area contributed by atoms with E-state index in [-0.39, 0.29) is 17.9 Å². The summed E-state index contributed by atoms with van der Waals surface area (Å²) in [5.41, 5.74) is 1.14. The minimum atomic E-state index is -0.194. The average molecular weight is 278 g/mol. The minimum Gasteiger partial charge on any atom is -0.309 e. The Balaban J connectivity index is 1.94. The summed E-state index contributed by atoms with van der Waals surface area (Å²) in [7, 11) is 1.84. The van der Waals surface area contributed by atoms with Crippen molar-refractivity contribution in [1.82, 2.24) is 10.2 Å². The van der Waals surface area contributed by atoms with Gasteiger partial charge in [0.05, 0.1) is 6.04 Å². The van der Waals surface area contributed by atoms with E-state index < -0.39 is 0 Å². The molecule has 2 unspecified atom stereocenters. The first-order valence-electron chi connectivity index (χ1n) is 7.35. The fourth-order valence-electron chi connectivity index (χ4n) is 2.98. The van der Waals surface area contributed by atoms with E-state index in [1.165, 1.54) is 25.0 Å². The summed E-state index contributed by atoms with van der Waals surface area (Å²) >= 11 is 0. The van der Waals surface area contributed by atoms with Gasteiger partial charge in [0.1, 0.15) is 12.1 Å². The second-order valence-electron chi connectivity index (χ2n) is 5.43. The highest BCUT2D eigenvalue weighted by atomic mass is 19.1. The lowest BCUT2D eigenvalue weighted by Crippen LogP contribution is -2.52. The van der Waals surface area contributed by atoms with Crippen molar-refractivity contribution in [3.63, 3.8) is 0 Å². The normalized spacial score (nSPS) is 21.6. The molecule has 0 bridgehead atoms. The number of rotatable bonds is 6. The number of likely N-dealkylation sites (tertiary alicyclic amines) is 1. The van der Waals surface area contributed by atoms with Crippen LogP contribution in [-0.2, 0) is 11.2 Å². The molecule has 2 atom stereocenters. The maximum atomic E-state index is 12.9. The van der Waals surface area contributed by atoms with Crippen LogP contribution in [0.3, 0.4) is 0 Å². The van der Waals surface area contributed by atoms with Gasteiger partial charge < -0.3 is 10.1 Å². The monoisotopic (exact) mass is 278 g/mol. The van der Waals surface area contributed by atoms with Crippen LogP contribution < -0.4 is 5.32 Å². The first-order chi connectivity index (χ1) is 9.74. The zero-order valence-corrected chi connectivity index (χ0v) is 12.0. The van der Waals surface area contributed by atoms with Gasteiger partial charge in [0.15, 0.2) is 0 Å². The van der Waals surface area contributed by atoms with Crippen LogP contribution in [0.5, 0.6) is 0 Å². The topological polar surface area (TPSA) is 32.3 Å². The molecule has 0 spiro atoms. The van der Waals surface area contributed by atoms with Crippen LogP contribution in [0.4, 0.5) is 4.39 Å². The van der Waals surface area contributed by atoms with Gasteiger partial charge in [-0.05, 0) is 50.6 Å². The number of piperidine rings is 1. The number of hydrogen-bond acceptors (Lipinski definition) is 3. The molecule has 1 fully saturated rings. The Labute approximate surface area is 120 Å². The first kappa shape index (κ1) is 15.1. The van der Waals surface area contributed by atoms with Crippen molar-refractivity contribution in [3.05, 3.63) is 35.6 Å². The van der Waals surface area contributed by atoms with Gasteiger partial charge in [-0.1, -0.05) is 18.6 Å². The van der Waals surface area contributed by atoms with Gasteiger partial charge in [-0.25, -0.2) is 4.39 Å². The number of carbonyl (C=O) groups is 1. The smallest absolute Gasteiger partial charge is 0.138 e. The van der Waals surface area contributed by atoms with E-state index in [9.17, 15) is 9.18 Å². The molecule has 0 aliphatic carbocycles. The largest absolute Gasteiger partial charge is 0.309 e. The maximum Gasteiger partial charge on any atom is 0.138 e. The van der Waals surface area contributed by atoms with Crippen molar-refractivity contribution < 1.29 is 9.18 Å². The van der Waals surface area contributed by atoms with Crippen LogP contribution in [0, 0.1) is 5.82 Å². The minimum absolute atomic E-state index is 0.0940. The number of carbonyl (C=O) groups excluding carboxylic acids is 1. The summed E-state index contributed by atoms with van der Waals surface area (Å²) in [4.78, 5) is 13.6. The standard InChI is InChI=1S/C16H23FN2O/c1-18-15(12-20)16-4-2-3-10-19(16)11-9-13-5-7-14(17)8-6-13/h5-8,12,15-16,18H,2-4,9-11H2,1H3. The Morgan fingerprint density at radius 1 is 1.40 bits per heavy atom. The van der Waals surface area contributed by atoms with E-state index >= 15 is 0 Å². The van der Waals surface area contributed by atoms with Gasteiger partial charge in [-0.2, -0.15) is 0 Å². The molecule has 0 aromatic heterocycles. The number of hydrogen-bond donors (Lipinski definition) is 1. The molecule has 1 aromatic carbocycles. The second-order valence-corrected chi connectivity index (χ2v) is 5.43. The summed E-state index contributed by atoms with van der Waals surface area (Å²) in [5.74, 6) is -0.194. The zero-order chi connectivity index (χ0) is 14.4. The zero-order valence-electron chi connectivity index (χ0n) is 12.0. The van der Waals surface area contributed by atoms with E-state index in [0.717, 1.165) is 37.8 Å². The molecular formula is C16H23FN2O. The Kier molecular flexibility index (Phi) is 5.68. The Morgan fingerprint density at radius 3 is 2.80 bits per heavy atom. The van der Waals surface area contributed by atoms with Gasteiger partial charge in [0.25, 0.3) is 0 Å². The summed E-state index contributed by atoms with van der Waals surface area (Å²) in [5, 5.41) is 3.10. The van der Waals surface area contributed by atoms with Crippen LogP contribution in [0.2, 0.25) is 0 Å². The quantitative estimate of drug-likeness (QED) is 0.808. The Morgan fingerprint density at radius 2 is 2.15 bits per heavy atom. The third-order valence-electron chi connectivity index (χ3n) is 4.16. The van der Waals surface area contributed by atoms with Crippen LogP contribution in [0.15, 0.2) is 24.3 Å². The number of nitrogens with zero attached hydrogens (tertiary/aromatic N) is 1. The molecule has 1 N–H and O–H groups in total. The van der Waals surface area contributed by atoms with Gasteiger partial charge in [0.2, 0.25) is 0 Å². The first-order valence-corrected chi connectivity index (χ1v) is 7.35. The molecule has 2 rings (SSSR count). The molecule has 1 saturated heterocycles. The molecule has 0 saturated carbocycles. The molecule has 110 valence electrons. The fourth-order valence-corrected chi connectivity index (χ4v) is 2.98. The van der Waals surface area contributed by atoms with Crippen molar-refractivity contribution in [2.75, 3.05) is 20.1 Å². The summed E-state index contributed by atoms with van der Waals surface area (Å²) < 4.78 is 12.9. The lowest BCUT2D eigenvalue weighted by Gasteiger charge is -2.38. The van der Waals surface area contributed by atoms with Crippen molar-refractivity contribution in [2.45, 2.75) is 37.8 Å². The van der Waals surface area contributed by atoms with Crippen LogP contribution in [0.25, 0.3) is 0 Å². The van der Waals surface area contributed by atoms with Crippen LogP contribution in [-0.4, -0.2) is 43.4 Å². The number of benzene rings is 1. The number of halogens is 1. The van der Waals surface area contributed by atoms with E-state index in [1.54, 1.807) is 0 Å². The van der Waals surface area contributed by atoms with Crippen molar-refractivity contribution in [2.24, 2.45) is 0 Å². The second kappa shape index (κ2) is 7.50. The predicted molar refractivity (Wildman–Crippen MR) is 78.2 cm³/mol. The van der Waals surface area contributed by atoms with Crippen molar-refractivity contribution >= 4 is 6.29 Å². The van der Waals surface area contributed by atoms with Crippen LogP contribution >= 0.6 is 0 Å². The highest BCUT2D eigenvalue weighted by Gasteiger charge is 2.28. The summed E-state index contributed by atoms with van der Waals surface area (Å²) in [6, 6.07) is 6.87. The molecule has 1 aliphatic heterocycles. The predicted octanol–water partition coefficient (Wildman–Crippen LogP) is 2.01. The fraction of sp³-hybridized carbons (Fsp3) is 0.562. The lowest BCUT2D eigenvalue weighted by molar-refractivity contribution is -0.111.